The third-order valence-corrected chi connectivity index (χ3v) is 9.14. The van der Waals surface area contributed by atoms with Crippen molar-refractivity contribution in [3.63, 3.8) is 0 Å². The Kier molecular flexibility index (Phi) is 7.64. The molecule has 2 aliphatic rings. The number of benzene rings is 3. The third-order valence-electron chi connectivity index (χ3n) is 8.84. The highest BCUT2D eigenvalue weighted by atomic mass is 35.5. The zero-order valence-electron chi connectivity index (χ0n) is 24.9. The van der Waals surface area contributed by atoms with Crippen molar-refractivity contribution >= 4 is 45.1 Å². The van der Waals surface area contributed by atoms with Crippen molar-refractivity contribution in [2.45, 2.75) is 58.9 Å². The quantitative estimate of drug-likeness (QED) is 0.281. The highest BCUT2D eigenvalue weighted by molar-refractivity contribution is 6.35. The number of hydrogen-bond donors (Lipinski definition) is 1. The van der Waals surface area contributed by atoms with Crippen LogP contribution >= 0.6 is 11.6 Å². The average Bonchev–Trinajstić information content (AvgIpc) is 3.43. The summed E-state index contributed by atoms with van der Waals surface area (Å²) in [5.74, 6) is 0.886. The number of rotatable bonds is 5. The summed E-state index contributed by atoms with van der Waals surface area (Å²) in [6.45, 7) is 8.84. The molecule has 42 heavy (non-hydrogen) atoms. The van der Waals surface area contributed by atoms with Gasteiger partial charge in [-0.2, -0.15) is 5.10 Å². The van der Waals surface area contributed by atoms with Gasteiger partial charge in [0.25, 0.3) is 0 Å². The molecule has 2 amide bonds. The molecule has 8 heteroatoms. The van der Waals surface area contributed by atoms with E-state index in [0.29, 0.717) is 43.5 Å². The maximum Gasteiger partial charge on any atom is 0.226 e. The fourth-order valence-electron chi connectivity index (χ4n) is 6.81. The number of aromatic amines is 1. The molecule has 4 aromatic rings. The Bertz CT molecular complexity index is 1650. The molecule has 0 spiro atoms. The lowest BCUT2D eigenvalue weighted by Crippen LogP contribution is -2.43. The summed E-state index contributed by atoms with van der Waals surface area (Å²) < 4.78 is 5.77. The third kappa shape index (κ3) is 5.59. The van der Waals surface area contributed by atoms with Crippen LogP contribution in [0.5, 0.6) is 5.75 Å². The number of ether oxygens (including phenoxy) is 1. The summed E-state index contributed by atoms with van der Waals surface area (Å²) in [6, 6.07) is 14.6. The first-order valence-corrected chi connectivity index (χ1v) is 15.3. The number of methoxy groups -OCH3 is 1. The molecule has 1 atom stereocenters. The molecule has 0 aliphatic carbocycles. The van der Waals surface area contributed by atoms with Crippen LogP contribution < -0.4 is 4.74 Å². The first-order valence-electron chi connectivity index (χ1n) is 14.9. The zero-order valence-corrected chi connectivity index (χ0v) is 25.6. The molecule has 3 heterocycles. The molecule has 0 bridgehead atoms. The second kappa shape index (κ2) is 11.3. The first kappa shape index (κ1) is 28.5. The van der Waals surface area contributed by atoms with E-state index in [0.717, 1.165) is 46.0 Å². The minimum Gasteiger partial charge on any atom is -0.496 e. The summed E-state index contributed by atoms with van der Waals surface area (Å²) >= 11 is 6.61. The van der Waals surface area contributed by atoms with Crippen LogP contribution in [0.15, 0.2) is 48.7 Å². The predicted molar refractivity (Wildman–Crippen MR) is 167 cm³/mol. The number of carbonyl (C=O) groups is 2. The fraction of sp³-hybridized carbons (Fsp3) is 0.441. The maximum absolute atomic E-state index is 14.0. The number of halogens is 1. The van der Waals surface area contributed by atoms with Crippen molar-refractivity contribution < 1.29 is 14.3 Å². The normalized spacial score (nSPS) is 18.4. The van der Waals surface area contributed by atoms with E-state index in [1.165, 1.54) is 10.9 Å². The van der Waals surface area contributed by atoms with Crippen LogP contribution in [0.25, 0.3) is 21.7 Å². The van der Waals surface area contributed by atoms with E-state index < -0.39 is 5.92 Å². The molecule has 1 saturated heterocycles. The van der Waals surface area contributed by atoms with Gasteiger partial charge < -0.3 is 14.5 Å². The van der Waals surface area contributed by atoms with E-state index in [1.807, 2.05) is 21.9 Å². The lowest BCUT2D eigenvalue weighted by molar-refractivity contribution is -0.142. The second-order valence-corrected chi connectivity index (χ2v) is 13.5. The highest BCUT2D eigenvalue weighted by Gasteiger charge is 2.36. The van der Waals surface area contributed by atoms with Crippen molar-refractivity contribution in [3.05, 3.63) is 70.4 Å². The minimum atomic E-state index is -0.431. The highest BCUT2D eigenvalue weighted by Crippen LogP contribution is 2.38. The first-order chi connectivity index (χ1) is 20.1. The molecule has 0 unspecified atom stereocenters. The number of H-pyrrole nitrogens is 1. The smallest absolute Gasteiger partial charge is 0.226 e. The monoisotopic (exact) mass is 586 g/mol. The summed E-state index contributed by atoms with van der Waals surface area (Å²) in [4.78, 5) is 31.5. The Morgan fingerprint density at radius 2 is 1.83 bits per heavy atom. The van der Waals surface area contributed by atoms with Crippen LogP contribution in [-0.2, 0) is 22.6 Å². The lowest BCUT2D eigenvalue weighted by atomic mass is 9.87. The Labute approximate surface area is 252 Å². The van der Waals surface area contributed by atoms with Gasteiger partial charge in [0.2, 0.25) is 11.8 Å². The standard InChI is InChI=1S/C34H39ClN4O3/c1-34(2,3)20-39-19-28-24(15-29(35)32-27(28)18-36-37-32)13-25(33(39)41)17-31(40)38-11-9-21(10-12-38)26-14-22-7-5-6-8-23(22)16-30(26)42-4/h5-8,14-16,18,21,25H,9-13,17,19-20H2,1-4H3,(H,36,37)/t25-/m0/s1. The topological polar surface area (TPSA) is 78.5 Å². The summed E-state index contributed by atoms with van der Waals surface area (Å²) in [7, 11) is 1.72. The summed E-state index contributed by atoms with van der Waals surface area (Å²) in [6.07, 6.45) is 4.22. The van der Waals surface area contributed by atoms with Gasteiger partial charge in [0.05, 0.1) is 29.8 Å². The van der Waals surface area contributed by atoms with Gasteiger partial charge in [0.15, 0.2) is 0 Å². The van der Waals surface area contributed by atoms with Crippen LogP contribution in [0.2, 0.25) is 5.02 Å². The minimum absolute atomic E-state index is 0.0398. The summed E-state index contributed by atoms with van der Waals surface area (Å²) in [5, 5.41) is 11.1. The van der Waals surface area contributed by atoms with E-state index in [9.17, 15) is 9.59 Å². The van der Waals surface area contributed by atoms with E-state index in [2.05, 4.69) is 61.3 Å². The van der Waals surface area contributed by atoms with Gasteiger partial charge in [-0.25, -0.2) is 0 Å². The van der Waals surface area contributed by atoms with Crippen LogP contribution in [-0.4, -0.2) is 58.6 Å². The molecule has 220 valence electrons. The van der Waals surface area contributed by atoms with Crippen molar-refractivity contribution in [3.8, 4) is 5.75 Å². The number of amides is 2. The average molecular weight is 587 g/mol. The van der Waals surface area contributed by atoms with Gasteiger partial charge in [-0.3, -0.25) is 14.7 Å². The van der Waals surface area contributed by atoms with Crippen molar-refractivity contribution in [2.24, 2.45) is 11.3 Å². The van der Waals surface area contributed by atoms with E-state index in [-0.39, 0.29) is 23.7 Å². The van der Waals surface area contributed by atoms with Crippen molar-refractivity contribution in [2.75, 3.05) is 26.7 Å². The number of fused-ring (bicyclic) bond motifs is 4. The Balaban J connectivity index is 1.20. The van der Waals surface area contributed by atoms with E-state index in [1.54, 1.807) is 13.3 Å². The van der Waals surface area contributed by atoms with Gasteiger partial charge in [0.1, 0.15) is 5.75 Å². The molecular weight excluding hydrogens is 548 g/mol. The van der Waals surface area contributed by atoms with Crippen molar-refractivity contribution in [1.29, 1.82) is 0 Å². The second-order valence-electron chi connectivity index (χ2n) is 13.1. The molecule has 6 rings (SSSR count). The molecule has 0 radical (unpaired) electrons. The number of piperidine rings is 1. The number of hydrogen-bond acceptors (Lipinski definition) is 4. The van der Waals surface area contributed by atoms with Crippen molar-refractivity contribution in [1.82, 2.24) is 20.0 Å². The molecule has 7 nitrogen and oxygen atoms in total. The van der Waals surface area contributed by atoms with E-state index in [4.69, 9.17) is 16.3 Å². The number of likely N-dealkylation sites (tertiary alicyclic amines) is 1. The summed E-state index contributed by atoms with van der Waals surface area (Å²) in [5.41, 5.74) is 4.01. The molecule has 1 fully saturated rings. The maximum atomic E-state index is 14.0. The lowest BCUT2D eigenvalue weighted by Gasteiger charge is -2.34. The number of aromatic nitrogens is 2. The van der Waals surface area contributed by atoms with Gasteiger partial charge in [-0.15, -0.1) is 0 Å². The molecule has 1 aromatic heterocycles. The zero-order chi connectivity index (χ0) is 29.6. The SMILES string of the molecule is COc1cc2ccccc2cc1C1CCN(C(=O)C[C@@H]2Cc3cc(Cl)c4[nH]ncc4c3CN(CC(C)(C)C)C2=O)CC1. The molecule has 1 N–H and O–H groups in total. The molecular formula is C34H39ClN4O3. The Morgan fingerprint density at radius 3 is 2.52 bits per heavy atom. The van der Waals surface area contributed by atoms with Crippen LogP contribution in [0.1, 0.15) is 62.6 Å². The molecule has 0 saturated carbocycles. The predicted octanol–water partition coefficient (Wildman–Crippen LogP) is 6.72. The van der Waals surface area contributed by atoms with Gasteiger partial charge in [0, 0.05) is 38.0 Å². The van der Waals surface area contributed by atoms with Crippen LogP contribution in [0.3, 0.4) is 0 Å². The van der Waals surface area contributed by atoms with Gasteiger partial charge >= 0.3 is 0 Å². The Hall–Kier alpha value is -3.58. The van der Waals surface area contributed by atoms with Gasteiger partial charge in [-0.1, -0.05) is 56.6 Å². The largest absolute Gasteiger partial charge is 0.496 e. The Morgan fingerprint density at radius 1 is 1.12 bits per heavy atom. The fourth-order valence-corrected chi connectivity index (χ4v) is 7.09. The van der Waals surface area contributed by atoms with Crippen LogP contribution in [0, 0.1) is 11.3 Å². The number of carbonyl (C=O) groups excluding carboxylic acids is 2. The van der Waals surface area contributed by atoms with Gasteiger partial charge in [-0.05, 0) is 76.3 Å². The number of nitrogens with zero attached hydrogens (tertiary/aromatic N) is 3. The van der Waals surface area contributed by atoms with E-state index >= 15 is 0 Å². The molecule has 3 aromatic carbocycles. The molecule has 2 aliphatic heterocycles. The number of nitrogens with one attached hydrogen (secondary N) is 1. The van der Waals surface area contributed by atoms with Crippen LogP contribution in [0.4, 0.5) is 0 Å².